The summed E-state index contributed by atoms with van der Waals surface area (Å²) in [5.74, 6) is 5.61. The van der Waals surface area contributed by atoms with Gasteiger partial charge in [-0.1, -0.05) is 31.8 Å². The summed E-state index contributed by atoms with van der Waals surface area (Å²) >= 11 is 0. The molecule has 0 radical (unpaired) electrons. The van der Waals surface area contributed by atoms with E-state index >= 15 is 0 Å². The molecule has 3 nitrogen and oxygen atoms in total. The Kier molecular flexibility index (Phi) is 5.48. The first-order chi connectivity index (χ1) is 11.0. The second-order valence-corrected chi connectivity index (χ2v) is 5.70. The Hall–Kier alpha value is -2.67. The number of amides is 1. The van der Waals surface area contributed by atoms with Crippen LogP contribution in [0.25, 0.3) is 0 Å². The monoisotopic (exact) mass is 310 g/mol. The van der Waals surface area contributed by atoms with Gasteiger partial charge in [0.25, 0.3) is 5.91 Å². The molecule has 2 rings (SSSR count). The van der Waals surface area contributed by atoms with Crippen LogP contribution in [0, 0.1) is 23.6 Å². The van der Waals surface area contributed by atoms with Crippen LogP contribution in [0.5, 0.6) is 0 Å². The molecule has 0 aliphatic rings. The molecule has 1 N–H and O–H groups in total. The zero-order valence-corrected chi connectivity index (χ0v) is 13.4. The van der Waals surface area contributed by atoms with E-state index in [2.05, 4.69) is 22.1 Å². The first-order valence-electron chi connectivity index (χ1n) is 7.50. The highest BCUT2D eigenvalue weighted by Gasteiger charge is 2.13. The van der Waals surface area contributed by atoms with E-state index in [1.807, 2.05) is 20.8 Å². The molecule has 0 unspecified atom stereocenters. The van der Waals surface area contributed by atoms with Gasteiger partial charge in [0.2, 0.25) is 0 Å². The van der Waals surface area contributed by atoms with Gasteiger partial charge in [-0.2, -0.15) is 0 Å². The molecule has 0 fully saturated rings. The van der Waals surface area contributed by atoms with E-state index in [-0.39, 0.29) is 17.8 Å². The standard InChI is InChI=1S/C19H19FN2O/c1-13(2)14(3)22-19(23)18-10-9-16(12-21-18)8-7-15-5-4-6-17(20)11-15/h4-6,9-14H,1-3H3,(H,22,23)/t14-/m0/s1. The van der Waals surface area contributed by atoms with Crippen LogP contribution < -0.4 is 5.32 Å². The predicted molar refractivity (Wildman–Crippen MR) is 88.4 cm³/mol. The molecule has 1 heterocycles. The smallest absolute Gasteiger partial charge is 0.270 e. The largest absolute Gasteiger partial charge is 0.348 e. The van der Waals surface area contributed by atoms with Crippen LogP contribution in [0.1, 0.15) is 42.4 Å². The average molecular weight is 310 g/mol. The fourth-order valence-corrected chi connectivity index (χ4v) is 1.76. The van der Waals surface area contributed by atoms with Gasteiger partial charge in [0, 0.05) is 23.4 Å². The number of hydrogen-bond acceptors (Lipinski definition) is 2. The third kappa shape index (κ3) is 4.93. The van der Waals surface area contributed by atoms with Crippen molar-refractivity contribution in [3.63, 3.8) is 0 Å². The van der Waals surface area contributed by atoms with Gasteiger partial charge in [0.15, 0.2) is 0 Å². The summed E-state index contributed by atoms with van der Waals surface area (Å²) < 4.78 is 13.1. The fraction of sp³-hybridized carbons (Fsp3) is 0.263. The van der Waals surface area contributed by atoms with Gasteiger partial charge in [-0.15, -0.1) is 0 Å². The number of rotatable bonds is 3. The predicted octanol–water partition coefficient (Wildman–Crippen LogP) is 3.39. The second-order valence-electron chi connectivity index (χ2n) is 5.70. The van der Waals surface area contributed by atoms with Crippen molar-refractivity contribution in [2.75, 3.05) is 0 Å². The molecule has 1 aromatic carbocycles. The molecule has 0 aliphatic heterocycles. The average Bonchev–Trinajstić information content (AvgIpc) is 2.53. The zero-order valence-electron chi connectivity index (χ0n) is 13.4. The highest BCUT2D eigenvalue weighted by Crippen LogP contribution is 2.05. The summed E-state index contributed by atoms with van der Waals surface area (Å²) in [7, 11) is 0. The summed E-state index contributed by atoms with van der Waals surface area (Å²) in [5, 5.41) is 2.90. The van der Waals surface area contributed by atoms with Gasteiger partial charge in [0.05, 0.1) is 0 Å². The van der Waals surface area contributed by atoms with Gasteiger partial charge < -0.3 is 5.32 Å². The highest BCUT2D eigenvalue weighted by molar-refractivity contribution is 5.92. The van der Waals surface area contributed by atoms with E-state index in [9.17, 15) is 9.18 Å². The summed E-state index contributed by atoms with van der Waals surface area (Å²) in [5.41, 5.74) is 1.62. The Labute approximate surface area is 136 Å². The molecular formula is C19H19FN2O. The number of nitrogens with one attached hydrogen (secondary N) is 1. The maximum atomic E-state index is 13.1. The van der Waals surface area contributed by atoms with Crippen molar-refractivity contribution in [3.05, 3.63) is 65.2 Å². The third-order valence-electron chi connectivity index (χ3n) is 3.53. The van der Waals surface area contributed by atoms with E-state index < -0.39 is 0 Å². The second kappa shape index (κ2) is 7.55. The minimum atomic E-state index is -0.318. The van der Waals surface area contributed by atoms with Crippen molar-refractivity contribution in [3.8, 4) is 11.8 Å². The molecule has 1 atom stereocenters. The number of nitrogens with zero attached hydrogens (tertiary/aromatic N) is 1. The number of carbonyl (C=O) groups is 1. The topological polar surface area (TPSA) is 42.0 Å². The Morgan fingerprint density at radius 3 is 2.48 bits per heavy atom. The van der Waals surface area contributed by atoms with E-state index in [4.69, 9.17) is 0 Å². The van der Waals surface area contributed by atoms with Crippen molar-refractivity contribution in [2.45, 2.75) is 26.8 Å². The number of pyridine rings is 1. The molecule has 1 aromatic heterocycles. The van der Waals surface area contributed by atoms with E-state index in [0.717, 1.165) is 0 Å². The Balaban J connectivity index is 2.07. The quantitative estimate of drug-likeness (QED) is 0.883. The van der Waals surface area contributed by atoms with Crippen LogP contribution in [0.3, 0.4) is 0 Å². The van der Waals surface area contributed by atoms with Crippen molar-refractivity contribution >= 4 is 5.91 Å². The lowest BCUT2D eigenvalue weighted by molar-refractivity contribution is 0.0925. The maximum absolute atomic E-state index is 13.1. The first kappa shape index (κ1) is 16.7. The van der Waals surface area contributed by atoms with Gasteiger partial charge in [-0.05, 0) is 43.2 Å². The van der Waals surface area contributed by atoms with Gasteiger partial charge in [-0.3, -0.25) is 4.79 Å². The Morgan fingerprint density at radius 2 is 1.87 bits per heavy atom. The molecule has 0 saturated carbocycles. The number of halogens is 1. The Morgan fingerprint density at radius 1 is 1.13 bits per heavy atom. The van der Waals surface area contributed by atoms with Gasteiger partial charge >= 0.3 is 0 Å². The van der Waals surface area contributed by atoms with Crippen LogP contribution in [0.4, 0.5) is 4.39 Å². The van der Waals surface area contributed by atoms with Gasteiger partial charge in [-0.25, -0.2) is 9.37 Å². The van der Waals surface area contributed by atoms with Crippen LogP contribution >= 0.6 is 0 Å². The van der Waals surface area contributed by atoms with Gasteiger partial charge in [0.1, 0.15) is 11.5 Å². The molecule has 0 saturated heterocycles. The van der Waals surface area contributed by atoms with E-state index in [1.165, 1.54) is 12.1 Å². The molecule has 2 aromatic rings. The summed E-state index contributed by atoms with van der Waals surface area (Å²) in [4.78, 5) is 16.2. The minimum absolute atomic E-state index is 0.0803. The van der Waals surface area contributed by atoms with Crippen molar-refractivity contribution < 1.29 is 9.18 Å². The van der Waals surface area contributed by atoms with Crippen molar-refractivity contribution in [1.29, 1.82) is 0 Å². The Bertz CT molecular complexity index is 742. The number of benzene rings is 1. The molecule has 0 spiro atoms. The SMILES string of the molecule is CC(C)[C@H](C)NC(=O)c1ccc(C#Cc2cccc(F)c2)cn1. The number of hydrogen-bond donors (Lipinski definition) is 1. The molecular weight excluding hydrogens is 291 g/mol. The number of carbonyl (C=O) groups excluding carboxylic acids is 1. The third-order valence-corrected chi connectivity index (χ3v) is 3.53. The molecule has 0 aliphatic carbocycles. The maximum Gasteiger partial charge on any atom is 0.270 e. The van der Waals surface area contributed by atoms with Crippen LogP contribution in [0.15, 0.2) is 42.6 Å². The lowest BCUT2D eigenvalue weighted by Gasteiger charge is -2.16. The normalized spacial score (nSPS) is 11.5. The first-order valence-corrected chi connectivity index (χ1v) is 7.50. The van der Waals surface area contributed by atoms with E-state index in [0.29, 0.717) is 22.7 Å². The van der Waals surface area contributed by atoms with Crippen molar-refractivity contribution in [1.82, 2.24) is 10.3 Å². The van der Waals surface area contributed by atoms with Crippen LogP contribution in [-0.2, 0) is 0 Å². The summed E-state index contributed by atoms with van der Waals surface area (Å²) in [6.45, 7) is 6.05. The molecule has 0 bridgehead atoms. The lowest BCUT2D eigenvalue weighted by Crippen LogP contribution is -2.36. The highest BCUT2D eigenvalue weighted by atomic mass is 19.1. The molecule has 4 heteroatoms. The lowest BCUT2D eigenvalue weighted by atomic mass is 10.1. The molecule has 118 valence electrons. The zero-order chi connectivity index (χ0) is 16.8. The fourth-order valence-electron chi connectivity index (χ4n) is 1.76. The van der Waals surface area contributed by atoms with Crippen molar-refractivity contribution in [2.24, 2.45) is 5.92 Å². The van der Waals surface area contributed by atoms with Crippen LogP contribution in [0.2, 0.25) is 0 Å². The van der Waals surface area contributed by atoms with Crippen LogP contribution in [-0.4, -0.2) is 16.9 Å². The summed E-state index contributed by atoms with van der Waals surface area (Å²) in [6.07, 6.45) is 1.54. The molecule has 23 heavy (non-hydrogen) atoms. The number of aromatic nitrogens is 1. The molecule has 1 amide bonds. The summed E-state index contributed by atoms with van der Waals surface area (Å²) in [6, 6.07) is 9.54. The minimum Gasteiger partial charge on any atom is -0.348 e. The van der Waals surface area contributed by atoms with E-state index in [1.54, 1.807) is 30.5 Å².